The number of nitrogens with zero attached hydrogens (tertiary/aromatic N) is 1. The third kappa shape index (κ3) is 3.18. The molecule has 2 aromatic rings. The van der Waals surface area contributed by atoms with Crippen LogP contribution in [-0.2, 0) is 4.79 Å². The lowest BCUT2D eigenvalue weighted by Gasteiger charge is -1.99. The maximum Gasteiger partial charge on any atom is 0.322 e. The summed E-state index contributed by atoms with van der Waals surface area (Å²) in [4.78, 5) is 27.0. The van der Waals surface area contributed by atoms with Crippen LogP contribution in [0.5, 0.6) is 0 Å². The lowest BCUT2D eigenvalue weighted by Crippen LogP contribution is -2.29. The lowest BCUT2D eigenvalue weighted by atomic mass is 10.2. The van der Waals surface area contributed by atoms with Crippen LogP contribution in [0.2, 0.25) is 0 Å². The maximum atomic E-state index is 12.9. The van der Waals surface area contributed by atoms with Gasteiger partial charge in [-0.1, -0.05) is 0 Å². The van der Waals surface area contributed by atoms with Gasteiger partial charge in [0.15, 0.2) is 0 Å². The average Bonchev–Trinajstić information content (AvgIpc) is 2.79. The number of aromatic nitrogens is 1. The molecule has 1 heterocycles. The Bertz CT molecular complexity index is 652. The predicted molar refractivity (Wildman–Crippen MR) is 72.2 cm³/mol. The van der Waals surface area contributed by atoms with E-state index in [9.17, 15) is 14.0 Å². The molecule has 20 heavy (non-hydrogen) atoms. The van der Waals surface area contributed by atoms with Gasteiger partial charge in [-0.25, -0.2) is 9.37 Å². The van der Waals surface area contributed by atoms with E-state index in [0.29, 0.717) is 15.4 Å². The van der Waals surface area contributed by atoms with Crippen LogP contribution >= 0.6 is 11.3 Å². The zero-order chi connectivity index (χ0) is 14.7. The number of hydrogen-bond acceptors (Lipinski definition) is 4. The van der Waals surface area contributed by atoms with E-state index in [-0.39, 0.29) is 11.5 Å². The van der Waals surface area contributed by atoms with E-state index in [2.05, 4.69) is 10.3 Å². The van der Waals surface area contributed by atoms with E-state index >= 15 is 0 Å². The number of hydrogen-bond donors (Lipinski definition) is 2. The van der Waals surface area contributed by atoms with Crippen LogP contribution in [0.25, 0.3) is 10.6 Å². The normalized spacial score (nSPS) is 10.3. The number of thiazole rings is 1. The highest BCUT2D eigenvalue weighted by atomic mass is 32.1. The minimum absolute atomic E-state index is 0.190. The number of carbonyl (C=O) groups excluding carboxylic acids is 1. The number of benzene rings is 1. The topological polar surface area (TPSA) is 79.3 Å². The molecule has 0 aliphatic rings. The van der Waals surface area contributed by atoms with E-state index in [1.165, 1.54) is 23.5 Å². The number of aryl methyl sites for hydroxylation is 1. The number of halogens is 1. The fourth-order valence-corrected chi connectivity index (χ4v) is 2.48. The van der Waals surface area contributed by atoms with Crippen molar-refractivity contribution in [3.8, 4) is 10.6 Å². The summed E-state index contributed by atoms with van der Waals surface area (Å²) in [6.45, 7) is 1.27. The summed E-state index contributed by atoms with van der Waals surface area (Å²) < 4.78 is 12.9. The number of carboxylic acid groups (broad SMARTS) is 1. The first kappa shape index (κ1) is 14.1. The van der Waals surface area contributed by atoms with Crippen molar-refractivity contribution in [1.82, 2.24) is 10.3 Å². The van der Waals surface area contributed by atoms with E-state index in [1.807, 2.05) is 0 Å². The Morgan fingerprint density at radius 1 is 1.35 bits per heavy atom. The standard InChI is InChI=1S/C13H11FN2O3S/c1-7-11(12(19)15-6-10(17)18)16-13(20-7)8-2-4-9(14)5-3-8/h2-5H,6H2,1H3,(H,15,19)(H,17,18). The van der Waals surface area contributed by atoms with Crippen LogP contribution in [0.15, 0.2) is 24.3 Å². The molecule has 104 valence electrons. The number of carbonyl (C=O) groups is 2. The molecule has 0 atom stereocenters. The molecule has 0 bridgehead atoms. The van der Waals surface area contributed by atoms with E-state index in [4.69, 9.17) is 5.11 Å². The average molecular weight is 294 g/mol. The van der Waals surface area contributed by atoms with Gasteiger partial charge in [-0.15, -0.1) is 11.3 Å². The smallest absolute Gasteiger partial charge is 0.322 e. The zero-order valence-corrected chi connectivity index (χ0v) is 11.3. The van der Waals surface area contributed by atoms with Crippen molar-refractivity contribution >= 4 is 23.2 Å². The van der Waals surface area contributed by atoms with Crippen LogP contribution in [0.4, 0.5) is 4.39 Å². The summed E-state index contributed by atoms with van der Waals surface area (Å²) in [6.07, 6.45) is 0. The molecular weight excluding hydrogens is 283 g/mol. The largest absolute Gasteiger partial charge is 0.480 e. The third-order valence-corrected chi connectivity index (χ3v) is 3.52. The number of rotatable bonds is 4. The first-order valence-electron chi connectivity index (χ1n) is 5.70. The molecule has 1 aromatic heterocycles. The summed E-state index contributed by atoms with van der Waals surface area (Å²) >= 11 is 1.29. The molecule has 0 fully saturated rings. The fraction of sp³-hybridized carbons (Fsp3) is 0.154. The minimum atomic E-state index is -1.12. The van der Waals surface area contributed by atoms with Gasteiger partial charge in [-0.3, -0.25) is 9.59 Å². The van der Waals surface area contributed by atoms with E-state index in [1.54, 1.807) is 19.1 Å². The summed E-state index contributed by atoms with van der Waals surface area (Å²) in [6, 6.07) is 5.78. The lowest BCUT2D eigenvalue weighted by molar-refractivity contribution is -0.135. The second-order valence-corrected chi connectivity index (χ2v) is 5.21. The zero-order valence-electron chi connectivity index (χ0n) is 10.5. The Morgan fingerprint density at radius 2 is 2.00 bits per heavy atom. The minimum Gasteiger partial charge on any atom is -0.480 e. The highest BCUT2D eigenvalue weighted by Gasteiger charge is 2.16. The highest BCUT2D eigenvalue weighted by molar-refractivity contribution is 7.15. The van der Waals surface area contributed by atoms with Gasteiger partial charge >= 0.3 is 5.97 Å². The van der Waals surface area contributed by atoms with Gasteiger partial charge in [0.2, 0.25) is 0 Å². The first-order chi connectivity index (χ1) is 9.47. The quantitative estimate of drug-likeness (QED) is 0.904. The molecule has 0 aliphatic heterocycles. The summed E-state index contributed by atoms with van der Waals surface area (Å²) in [5, 5.41) is 11.4. The number of nitrogens with one attached hydrogen (secondary N) is 1. The fourth-order valence-electron chi connectivity index (χ4n) is 1.56. The molecule has 0 radical (unpaired) electrons. The molecule has 1 aromatic carbocycles. The molecule has 2 rings (SSSR count). The summed E-state index contributed by atoms with van der Waals surface area (Å²) in [7, 11) is 0. The van der Waals surface area contributed by atoms with Gasteiger partial charge in [0, 0.05) is 10.4 Å². The van der Waals surface area contributed by atoms with Gasteiger partial charge < -0.3 is 10.4 Å². The molecule has 5 nitrogen and oxygen atoms in total. The van der Waals surface area contributed by atoms with Crippen LogP contribution in [0.3, 0.4) is 0 Å². The number of amides is 1. The molecular formula is C13H11FN2O3S. The first-order valence-corrected chi connectivity index (χ1v) is 6.52. The van der Waals surface area contributed by atoms with Crippen LogP contribution in [0, 0.1) is 12.7 Å². The van der Waals surface area contributed by atoms with E-state index < -0.39 is 18.4 Å². The van der Waals surface area contributed by atoms with E-state index in [0.717, 1.165) is 0 Å². The Labute approximate surface area is 118 Å². The van der Waals surface area contributed by atoms with Crippen molar-refractivity contribution in [3.05, 3.63) is 40.7 Å². The molecule has 0 unspecified atom stereocenters. The van der Waals surface area contributed by atoms with Crippen molar-refractivity contribution in [2.75, 3.05) is 6.54 Å². The molecule has 0 aliphatic carbocycles. The molecule has 0 saturated carbocycles. The third-order valence-electron chi connectivity index (χ3n) is 2.50. The monoisotopic (exact) mass is 294 g/mol. The van der Waals surface area contributed by atoms with Gasteiger partial charge in [-0.05, 0) is 31.2 Å². The molecule has 2 N–H and O–H groups in total. The van der Waals surface area contributed by atoms with Crippen LogP contribution < -0.4 is 5.32 Å². The summed E-state index contributed by atoms with van der Waals surface area (Å²) in [5.41, 5.74) is 0.896. The molecule has 0 saturated heterocycles. The van der Waals surface area contributed by atoms with Crippen molar-refractivity contribution in [2.45, 2.75) is 6.92 Å². The highest BCUT2D eigenvalue weighted by Crippen LogP contribution is 2.27. The Hall–Kier alpha value is -2.28. The molecule has 1 amide bonds. The van der Waals surface area contributed by atoms with Crippen molar-refractivity contribution < 1.29 is 19.1 Å². The predicted octanol–water partition coefficient (Wildman–Crippen LogP) is 2.07. The van der Waals surface area contributed by atoms with Gasteiger partial charge in [-0.2, -0.15) is 0 Å². The number of aliphatic carboxylic acids is 1. The van der Waals surface area contributed by atoms with Crippen LogP contribution in [-0.4, -0.2) is 28.5 Å². The van der Waals surface area contributed by atoms with Gasteiger partial charge in [0.1, 0.15) is 23.1 Å². The Morgan fingerprint density at radius 3 is 2.60 bits per heavy atom. The van der Waals surface area contributed by atoms with Crippen LogP contribution in [0.1, 0.15) is 15.4 Å². The number of carboxylic acids is 1. The second-order valence-electron chi connectivity index (χ2n) is 4.01. The molecule has 7 heteroatoms. The van der Waals surface area contributed by atoms with Gasteiger partial charge in [0.25, 0.3) is 5.91 Å². The second kappa shape index (κ2) is 5.79. The Kier molecular flexibility index (Phi) is 4.09. The van der Waals surface area contributed by atoms with Crippen molar-refractivity contribution in [2.24, 2.45) is 0 Å². The van der Waals surface area contributed by atoms with Gasteiger partial charge in [0.05, 0.1) is 0 Å². The SMILES string of the molecule is Cc1sc(-c2ccc(F)cc2)nc1C(=O)NCC(=O)O. The maximum absolute atomic E-state index is 12.9. The Balaban J connectivity index is 2.23. The van der Waals surface area contributed by atoms with Crippen molar-refractivity contribution in [1.29, 1.82) is 0 Å². The molecule has 0 spiro atoms. The van der Waals surface area contributed by atoms with Crippen molar-refractivity contribution in [3.63, 3.8) is 0 Å². The summed E-state index contributed by atoms with van der Waals surface area (Å²) in [5.74, 6) is -2.00.